The van der Waals surface area contributed by atoms with E-state index in [2.05, 4.69) is 0 Å². The van der Waals surface area contributed by atoms with Gasteiger partial charge in [0, 0.05) is 18.2 Å². The van der Waals surface area contributed by atoms with Crippen LogP contribution in [0, 0.1) is 23.0 Å². The van der Waals surface area contributed by atoms with Crippen LogP contribution in [0.15, 0.2) is 18.2 Å². The summed E-state index contributed by atoms with van der Waals surface area (Å²) in [6.07, 6.45) is 0. The first kappa shape index (κ1) is 10.7. The molecule has 0 spiro atoms. The first-order chi connectivity index (χ1) is 6.61. The molecular weight excluding hydrogens is 212 g/mol. The minimum absolute atomic E-state index is 0.0170. The summed E-state index contributed by atoms with van der Waals surface area (Å²) in [5.41, 5.74) is 0. The van der Waals surface area contributed by atoms with Crippen molar-refractivity contribution in [3.63, 3.8) is 0 Å². The van der Waals surface area contributed by atoms with Crippen LogP contribution in [-0.2, 0) is 0 Å². The third-order valence-electron chi connectivity index (χ3n) is 1.37. The van der Waals surface area contributed by atoms with E-state index in [0.717, 1.165) is 18.2 Å². The van der Waals surface area contributed by atoms with E-state index in [0.29, 0.717) is 0 Å². The molecule has 0 heterocycles. The van der Waals surface area contributed by atoms with Crippen molar-refractivity contribution in [1.82, 2.24) is 0 Å². The Labute approximate surface area is 84.7 Å². The molecule has 0 fully saturated rings. The first-order valence-corrected chi connectivity index (χ1v) is 4.18. The molecule has 5 heteroatoms. The summed E-state index contributed by atoms with van der Waals surface area (Å²) < 4.78 is 30.1. The SMILES string of the molecule is N#CC(Cl)COc1cc(F)cc(F)c1. The summed E-state index contributed by atoms with van der Waals surface area (Å²) in [6, 6.07) is 4.48. The van der Waals surface area contributed by atoms with Crippen molar-refractivity contribution in [2.24, 2.45) is 0 Å². The number of benzene rings is 1. The maximum absolute atomic E-state index is 12.6. The normalized spacial score (nSPS) is 11.9. The zero-order valence-electron chi connectivity index (χ0n) is 7.01. The molecule has 0 N–H and O–H groups in total. The molecule has 0 saturated heterocycles. The van der Waals surface area contributed by atoms with Crippen molar-refractivity contribution in [2.45, 2.75) is 5.38 Å². The van der Waals surface area contributed by atoms with Gasteiger partial charge >= 0.3 is 0 Å². The molecule has 0 radical (unpaired) electrons. The third kappa shape index (κ3) is 3.19. The van der Waals surface area contributed by atoms with Gasteiger partial charge in [0.2, 0.25) is 0 Å². The molecule has 0 amide bonds. The highest BCUT2D eigenvalue weighted by atomic mass is 35.5. The average Bonchev–Trinajstić information content (AvgIpc) is 2.12. The van der Waals surface area contributed by atoms with Gasteiger partial charge in [0.05, 0.1) is 6.07 Å². The lowest BCUT2D eigenvalue weighted by Gasteiger charge is -2.05. The van der Waals surface area contributed by atoms with Crippen LogP contribution in [0.4, 0.5) is 8.78 Å². The molecule has 74 valence electrons. The van der Waals surface area contributed by atoms with E-state index in [1.807, 2.05) is 0 Å². The van der Waals surface area contributed by atoms with Crippen LogP contribution in [-0.4, -0.2) is 12.0 Å². The highest BCUT2D eigenvalue weighted by Crippen LogP contribution is 2.15. The highest BCUT2D eigenvalue weighted by Gasteiger charge is 2.05. The molecule has 2 nitrogen and oxygen atoms in total. The van der Waals surface area contributed by atoms with Crippen LogP contribution in [0.3, 0.4) is 0 Å². The molecule has 1 atom stereocenters. The number of halogens is 3. The maximum atomic E-state index is 12.6. The third-order valence-corrected chi connectivity index (χ3v) is 1.60. The Morgan fingerprint density at radius 3 is 2.43 bits per heavy atom. The smallest absolute Gasteiger partial charge is 0.154 e. The van der Waals surface area contributed by atoms with Gasteiger partial charge in [-0.15, -0.1) is 11.6 Å². The Morgan fingerprint density at radius 1 is 1.36 bits per heavy atom. The van der Waals surface area contributed by atoms with E-state index in [1.54, 1.807) is 6.07 Å². The van der Waals surface area contributed by atoms with Crippen molar-refractivity contribution in [3.05, 3.63) is 29.8 Å². The van der Waals surface area contributed by atoms with Crippen LogP contribution in [0.1, 0.15) is 0 Å². The maximum Gasteiger partial charge on any atom is 0.154 e. The van der Waals surface area contributed by atoms with Crippen molar-refractivity contribution < 1.29 is 13.5 Å². The summed E-state index contributed by atoms with van der Waals surface area (Å²) in [6.45, 7) is -0.110. The van der Waals surface area contributed by atoms with Gasteiger partial charge in [-0.05, 0) is 0 Å². The monoisotopic (exact) mass is 217 g/mol. The number of alkyl halides is 1. The lowest BCUT2D eigenvalue weighted by atomic mass is 10.3. The molecule has 0 aromatic heterocycles. The lowest BCUT2D eigenvalue weighted by molar-refractivity contribution is 0.325. The number of hydrogen-bond acceptors (Lipinski definition) is 2. The predicted molar refractivity (Wildman–Crippen MR) is 47.1 cm³/mol. The Kier molecular flexibility index (Phi) is 3.66. The first-order valence-electron chi connectivity index (χ1n) is 3.74. The van der Waals surface area contributed by atoms with Gasteiger partial charge < -0.3 is 4.74 Å². The quantitative estimate of drug-likeness (QED) is 0.729. The van der Waals surface area contributed by atoms with E-state index in [1.165, 1.54) is 0 Å². The summed E-state index contributed by atoms with van der Waals surface area (Å²) in [4.78, 5) is 0. The van der Waals surface area contributed by atoms with E-state index in [-0.39, 0.29) is 12.4 Å². The van der Waals surface area contributed by atoms with Gasteiger partial charge in [0.25, 0.3) is 0 Å². The van der Waals surface area contributed by atoms with E-state index >= 15 is 0 Å². The van der Waals surface area contributed by atoms with Crippen molar-refractivity contribution in [1.29, 1.82) is 5.26 Å². The molecular formula is C9H6ClF2NO. The largest absolute Gasteiger partial charge is 0.491 e. The Morgan fingerprint density at radius 2 is 1.93 bits per heavy atom. The van der Waals surface area contributed by atoms with Gasteiger partial charge in [0.15, 0.2) is 5.38 Å². The molecule has 0 saturated carbocycles. The van der Waals surface area contributed by atoms with Crippen LogP contribution >= 0.6 is 11.6 Å². The molecule has 14 heavy (non-hydrogen) atoms. The van der Waals surface area contributed by atoms with E-state index in [9.17, 15) is 8.78 Å². The molecule has 0 aliphatic heterocycles. The number of nitrogens with zero attached hydrogens (tertiary/aromatic N) is 1. The van der Waals surface area contributed by atoms with Gasteiger partial charge in [-0.2, -0.15) is 5.26 Å². The second-order valence-corrected chi connectivity index (χ2v) is 3.04. The molecule has 1 unspecified atom stereocenters. The number of ether oxygens (including phenoxy) is 1. The van der Waals surface area contributed by atoms with Crippen LogP contribution in [0.25, 0.3) is 0 Å². The zero-order valence-corrected chi connectivity index (χ0v) is 7.76. The Bertz CT molecular complexity index is 344. The fraction of sp³-hybridized carbons (Fsp3) is 0.222. The second-order valence-electron chi connectivity index (χ2n) is 2.51. The van der Waals surface area contributed by atoms with Gasteiger partial charge in [-0.25, -0.2) is 8.78 Å². The van der Waals surface area contributed by atoms with Gasteiger partial charge in [-0.3, -0.25) is 0 Å². The Balaban J connectivity index is 2.64. The zero-order chi connectivity index (χ0) is 10.6. The fourth-order valence-corrected chi connectivity index (χ4v) is 0.882. The minimum Gasteiger partial charge on any atom is -0.491 e. The van der Waals surface area contributed by atoms with Crippen LogP contribution < -0.4 is 4.74 Å². The van der Waals surface area contributed by atoms with Crippen molar-refractivity contribution >= 4 is 11.6 Å². The average molecular weight is 218 g/mol. The molecule has 1 aromatic carbocycles. The highest BCUT2D eigenvalue weighted by molar-refractivity contribution is 6.22. The lowest BCUT2D eigenvalue weighted by Crippen LogP contribution is -2.09. The number of rotatable bonds is 3. The van der Waals surface area contributed by atoms with E-state index < -0.39 is 17.0 Å². The summed E-state index contributed by atoms with van der Waals surface area (Å²) in [5.74, 6) is -1.45. The molecule has 0 bridgehead atoms. The van der Waals surface area contributed by atoms with Gasteiger partial charge in [0.1, 0.15) is 24.0 Å². The standard InChI is InChI=1S/C9H6ClF2NO/c10-6(4-13)5-14-9-2-7(11)1-8(12)3-9/h1-3,6H,5H2. The fourth-order valence-electron chi connectivity index (χ4n) is 0.819. The van der Waals surface area contributed by atoms with E-state index in [4.69, 9.17) is 21.6 Å². The molecule has 1 rings (SSSR count). The Hall–Kier alpha value is -1.34. The summed E-state index contributed by atoms with van der Waals surface area (Å²) in [7, 11) is 0. The number of hydrogen-bond donors (Lipinski definition) is 0. The van der Waals surface area contributed by atoms with Crippen LogP contribution in [0.5, 0.6) is 5.75 Å². The summed E-state index contributed by atoms with van der Waals surface area (Å²) >= 11 is 5.42. The van der Waals surface area contributed by atoms with Crippen molar-refractivity contribution in [3.8, 4) is 11.8 Å². The topological polar surface area (TPSA) is 33.0 Å². The number of nitriles is 1. The molecule has 0 aliphatic rings. The van der Waals surface area contributed by atoms with Crippen LogP contribution in [0.2, 0.25) is 0 Å². The summed E-state index contributed by atoms with van der Waals surface area (Å²) in [5, 5.41) is 7.48. The molecule has 1 aromatic rings. The molecule has 0 aliphatic carbocycles. The van der Waals surface area contributed by atoms with Gasteiger partial charge in [-0.1, -0.05) is 0 Å². The van der Waals surface area contributed by atoms with Crippen molar-refractivity contribution in [2.75, 3.05) is 6.61 Å². The predicted octanol–water partition coefficient (Wildman–Crippen LogP) is 2.47. The second kappa shape index (κ2) is 4.77. The minimum atomic E-state index is -0.832.